The number of rotatable bonds is 12. The van der Waals surface area contributed by atoms with Crippen LogP contribution in [0.25, 0.3) is 0 Å². The van der Waals surface area contributed by atoms with Crippen LogP contribution in [-0.2, 0) is 13.3 Å². The normalized spacial score (nSPS) is 14.5. The molecule has 210 valence electrons. The van der Waals surface area contributed by atoms with Crippen molar-refractivity contribution in [2.24, 2.45) is 0 Å². The van der Waals surface area contributed by atoms with Crippen molar-refractivity contribution in [3.8, 4) is 11.8 Å². The Bertz CT molecular complexity index is 793. The lowest BCUT2D eigenvalue weighted by molar-refractivity contribution is 0.291. The summed E-state index contributed by atoms with van der Waals surface area (Å²) < 4.78 is 19.1. The average Bonchev–Trinajstić information content (AvgIpc) is 2.64. The zero-order valence-corrected chi connectivity index (χ0v) is 29.8. The summed E-state index contributed by atoms with van der Waals surface area (Å²) in [6.45, 7) is 40.7. The fourth-order valence-electron chi connectivity index (χ4n) is 2.53. The maximum Gasteiger partial charge on any atom is 0.192 e. The van der Waals surface area contributed by atoms with Crippen LogP contribution in [0.2, 0.25) is 54.4 Å². The summed E-state index contributed by atoms with van der Waals surface area (Å²) in [6.07, 6.45) is 4.54. The number of hydrogen-bond acceptors (Lipinski definition) is 3. The fraction of sp³-hybridized carbons (Fsp3) is 0.800. The Labute approximate surface area is 229 Å². The molecule has 6 heteroatoms. The lowest BCUT2D eigenvalue weighted by atomic mass is 10.1. The molecule has 0 aliphatic heterocycles. The minimum atomic E-state index is -1.78. The minimum absolute atomic E-state index is 0.203. The second-order valence-electron chi connectivity index (χ2n) is 14.7. The summed E-state index contributed by atoms with van der Waals surface area (Å²) in [5, 5.41) is 0.638. The van der Waals surface area contributed by atoms with Gasteiger partial charge in [-0.2, -0.15) is 0 Å². The van der Waals surface area contributed by atoms with Crippen LogP contribution in [-0.4, -0.2) is 44.8 Å². The highest BCUT2D eigenvalue weighted by Crippen LogP contribution is 2.38. The van der Waals surface area contributed by atoms with E-state index >= 15 is 0 Å². The van der Waals surface area contributed by atoms with Gasteiger partial charge in [0.2, 0.25) is 0 Å². The first-order valence-corrected chi connectivity index (χ1v) is 22.4. The van der Waals surface area contributed by atoms with E-state index in [1.165, 1.54) is 0 Å². The van der Waals surface area contributed by atoms with E-state index in [-0.39, 0.29) is 15.1 Å². The van der Waals surface area contributed by atoms with Gasteiger partial charge in [-0.05, 0) is 66.9 Å². The molecule has 0 fully saturated rings. The van der Waals surface area contributed by atoms with Crippen LogP contribution in [0, 0.1) is 11.8 Å². The Kier molecular flexibility index (Phi) is 13.4. The average molecular weight is 553 g/mol. The van der Waals surface area contributed by atoms with Crippen molar-refractivity contribution >= 4 is 25.0 Å². The highest BCUT2D eigenvalue weighted by molar-refractivity contribution is 6.74. The van der Waals surface area contributed by atoms with Crippen LogP contribution in [0.5, 0.6) is 0 Å². The van der Waals surface area contributed by atoms with E-state index < -0.39 is 25.0 Å². The first kappa shape index (κ1) is 35.6. The van der Waals surface area contributed by atoms with Gasteiger partial charge in [0.25, 0.3) is 0 Å². The molecule has 36 heavy (non-hydrogen) atoms. The van der Waals surface area contributed by atoms with Crippen molar-refractivity contribution in [3.05, 3.63) is 23.8 Å². The molecular formula is C30H60O3Si3. The molecule has 0 heterocycles. The van der Waals surface area contributed by atoms with Crippen LogP contribution in [0.4, 0.5) is 0 Å². The highest BCUT2D eigenvalue weighted by Gasteiger charge is 2.38. The van der Waals surface area contributed by atoms with Crippen LogP contribution < -0.4 is 0 Å². The predicted molar refractivity (Wildman–Crippen MR) is 168 cm³/mol. The smallest absolute Gasteiger partial charge is 0.192 e. The molecule has 0 spiro atoms. The van der Waals surface area contributed by atoms with Gasteiger partial charge < -0.3 is 13.3 Å². The third kappa shape index (κ3) is 12.4. The number of hydrogen-bond donors (Lipinski definition) is 0. The second-order valence-corrected chi connectivity index (χ2v) is 29.1. The zero-order chi connectivity index (χ0) is 28.6. The van der Waals surface area contributed by atoms with Crippen molar-refractivity contribution in [2.75, 3.05) is 19.8 Å². The molecule has 0 N–H and O–H groups in total. The molecule has 0 amide bonds. The molecule has 0 aliphatic carbocycles. The highest BCUT2D eigenvalue weighted by atomic mass is 28.4. The molecule has 0 aliphatic rings. The summed E-state index contributed by atoms with van der Waals surface area (Å²) in [6, 6.07) is 0. The topological polar surface area (TPSA) is 27.7 Å². The SMILES string of the molecule is C=C(/C=C(/C#CCCO[Si](C)(C)C(C)(C)C)CCO[Si](C)(C)C(C)(C)C)CCO[Si](C)(C)C(C)(C)C. The largest absolute Gasteiger partial charge is 0.416 e. The molecule has 3 nitrogen and oxygen atoms in total. The van der Waals surface area contributed by atoms with Crippen LogP contribution in [0.1, 0.15) is 81.6 Å². The van der Waals surface area contributed by atoms with E-state index in [4.69, 9.17) is 13.3 Å². The van der Waals surface area contributed by atoms with Crippen LogP contribution in [0.15, 0.2) is 23.8 Å². The Balaban J connectivity index is 5.27. The Morgan fingerprint density at radius 1 is 0.639 bits per heavy atom. The third-order valence-corrected chi connectivity index (χ3v) is 22.1. The van der Waals surface area contributed by atoms with Gasteiger partial charge in [0.15, 0.2) is 25.0 Å². The van der Waals surface area contributed by atoms with Crippen molar-refractivity contribution in [1.82, 2.24) is 0 Å². The maximum atomic E-state index is 6.44. The van der Waals surface area contributed by atoms with Crippen LogP contribution >= 0.6 is 0 Å². The lowest BCUT2D eigenvalue weighted by Gasteiger charge is -2.36. The van der Waals surface area contributed by atoms with E-state index in [9.17, 15) is 0 Å². The summed E-state index contributed by atoms with van der Waals surface area (Å²) in [5.74, 6) is 6.78. The summed E-state index contributed by atoms with van der Waals surface area (Å²) in [5.41, 5.74) is 2.17. The predicted octanol–water partition coefficient (Wildman–Crippen LogP) is 9.71. The number of allylic oxidation sites excluding steroid dienone is 1. The quantitative estimate of drug-likeness (QED) is 0.104. The lowest BCUT2D eigenvalue weighted by Crippen LogP contribution is -2.41. The van der Waals surface area contributed by atoms with E-state index in [0.29, 0.717) is 19.8 Å². The summed E-state index contributed by atoms with van der Waals surface area (Å²) in [4.78, 5) is 0. The molecule has 0 aromatic heterocycles. The van der Waals surface area contributed by atoms with Gasteiger partial charge in [0, 0.05) is 38.2 Å². The molecule has 0 unspecified atom stereocenters. The van der Waals surface area contributed by atoms with Gasteiger partial charge >= 0.3 is 0 Å². The minimum Gasteiger partial charge on any atom is -0.416 e. The summed E-state index contributed by atoms with van der Waals surface area (Å²) in [7, 11) is -5.26. The monoisotopic (exact) mass is 552 g/mol. The second kappa shape index (κ2) is 13.6. The first-order chi connectivity index (χ1) is 15.9. The van der Waals surface area contributed by atoms with E-state index in [1.54, 1.807) is 0 Å². The fourth-order valence-corrected chi connectivity index (χ4v) is 5.66. The molecule has 0 atom stereocenters. The Morgan fingerprint density at radius 3 is 1.39 bits per heavy atom. The summed E-state index contributed by atoms with van der Waals surface area (Å²) >= 11 is 0. The first-order valence-electron chi connectivity index (χ1n) is 13.7. The van der Waals surface area contributed by atoms with Gasteiger partial charge in [-0.1, -0.05) is 86.3 Å². The van der Waals surface area contributed by atoms with Gasteiger partial charge in [0.1, 0.15) is 0 Å². The van der Waals surface area contributed by atoms with E-state index in [1.807, 2.05) is 0 Å². The standard InChI is InChI=1S/C30H60O3Si3/c1-26(20-23-32-35(13,14)29(5,6)7)25-27(21-24-33-36(15,16)30(8,9)10)19-17-18-22-31-34(11,12)28(2,3)4/h25H,1,18,20-24H2,2-16H3/b27-25-. The van der Waals surface area contributed by atoms with Crippen molar-refractivity contribution in [2.45, 2.75) is 136 Å². The van der Waals surface area contributed by atoms with Gasteiger partial charge in [-0.15, -0.1) is 0 Å². The third-order valence-electron chi connectivity index (χ3n) is 8.46. The molecule has 0 aromatic carbocycles. The Hall–Kier alpha value is -0.429. The maximum absolute atomic E-state index is 6.44. The zero-order valence-electron chi connectivity index (χ0n) is 26.8. The van der Waals surface area contributed by atoms with Gasteiger partial charge in [-0.25, -0.2) is 0 Å². The van der Waals surface area contributed by atoms with E-state index in [2.05, 4.69) is 126 Å². The molecule has 0 radical (unpaired) electrons. The van der Waals surface area contributed by atoms with Crippen molar-refractivity contribution in [3.63, 3.8) is 0 Å². The molecule has 0 saturated carbocycles. The molecule has 0 rings (SSSR count). The Morgan fingerprint density at radius 2 is 1.00 bits per heavy atom. The molecule has 0 bridgehead atoms. The van der Waals surface area contributed by atoms with E-state index in [0.717, 1.165) is 30.4 Å². The van der Waals surface area contributed by atoms with Crippen molar-refractivity contribution in [1.29, 1.82) is 0 Å². The van der Waals surface area contributed by atoms with Crippen LogP contribution in [0.3, 0.4) is 0 Å². The molecular weight excluding hydrogens is 493 g/mol. The van der Waals surface area contributed by atoms with Gasteiger partial charge in [-0.3, -0.25) is 0 Å². The van der Waals surface area contributed by atoms with Gasteiger partial charge in [0.05, 0.1) is 0 Å². The van der Waals surface area contributed by atoms with Crippen molar-refractivity contribution < 1.29 is 13.3 Å². The molecule has 0 aromatic rings. The molecule has 0 saturated heterocycles.